The molecule has 1 aliphatic carbocycles. The van der Waals surface area contributed by atoms with E-state index in [-0.39, 0.29) is 5.02 Å². The monoisotopic (exact) mass is 296 g/mol. The van der Waals surface area contributed by atoms with Crippen LogP contribution in [0.3, 0.4) is 0 Å². The molecule has 19 heavy (non-hydrogen) atoms. The van der Waals surface area contributed by atoms with Gasteiger partial charge in [-0.15, -0.1) is 0 Å². The van der Waals surface area contributed by atoms with Crippen molar-refractivity contribution in [1.29, 1.82) is 0 Å². The second kappa shape index (κ2) is 5.06. The fraction of sp³-hybridized carbons (Fsp3) is 0.286. The second-order valence-corrected chi connectivity index (χ2v) is 5.34. The van der Waals surface area contributed by atoms with Gasteiger partial charge < -0.3 is 0 Å². The smallest absolute Gasteiger partial charge is 0.164 e. The van der Waals surface area contributed by atoms with Crippen molar-refractivity contribution in [3.05, 3.63) is 45.4 Å². The lowest BCUT2D eigenvalue weighted by atomic mass is 9.97. The summed E-state index contributed by atoms with van der Waals surface area (Å²) < 4.78 is 14.0. The third-order valence-electron chi connectivity index (χ3n) is 3.33. The lowest BCUT2D eigenvalue weighted by molar-refractivity contribution is 0.628. The maximum absolute atomic E-state index is 14.0. The van der Waals surface area contributed by atoms with E-state index in [0.29, 0.717) is 16.5 Å². The molecule has 3 rings (SSSR count). The highest BCUT2D eigenvalue weighted by atomic mass is 35.5. The first-order chi connectivity index (χ1) is 9.16. The van der Waals surface area contributed by atoms with E-state index in [4.69, 9.17) is 23.2 Å². The van der Waals surface area contributed by atoms with Crippen molar-refractivity contribution in [2.75, 3.05) is 0 Å². The van der Waals surface area contributed by atoms with Gasteiger partial charge in [0.15, 0.2) is 11.6 Å². The number of aromatic nitrogens is 2. The van der Waals surface area contributed by atoms with Gasteiger partial charge in [0.1, 0.15) is 5.15 Å². The van der Waals surface area contributed by atoms with Gasteiger partial charge in [0.25, 0.3) is 0 Å². The number of fused-ring (bicyclic) bond motifs is 1. The van der Waals surface area contributed by atoms with Crippen molar-refractivity contribution < 1.29 is 4.39 Å². The Balaban J connectivity index is 2.16. The van der Waals surface area contributed by atoms with Crippen LogP contribution < -0.4 is 0 Å². The number of nitrogens with zero attached hydrogens (tertiary/aromatic N) is 2. The van der Waals surface area contributed by atoms with Crippen molar-refractivity contribution in [2.24, 2.45) is 0 Å². The zero-order valence-electron chi connectivity index (χ0n) is 10.1. The first-order valence-corrected chi connectivity index (χ1v) is 6.92. The first-order valence-electron chi connectivity index (χ1n) is 6.16. The molecule has 2 nitrogen and oxygen atoms in total. The molecule has 0 saturated heterocycles. The SMILES string of the molecule is Fc1c(Cl)cccc1-c1nc(Cl)c2c(n1)CCCC2. The largest absolute Gasteiger partial charge is 0.233 e. The maximum Gasteiger partial charge on any atom is 0.164 e. The lowest BCUT2D eigenvalue weighted by Gasteiger charge is -2.16. The van der Waals surface area contributed by atoms with Crippen LogP contribution in [0.15, 0.2) is 18.2 Å². The van der Waals surface area contributed by atoms with Crippen LogP contribution in [0.1, 0.15) is 24.1 Å². The molecule has 0 radical (unpaired) electrons. The Morgan fingerprint density at radius 2 is 1.84 bits per heavy atom. The maximum atomic E-state index is 14.0. The summed E-state index contributed by atoms with van der Waals surface area (Å²) in [5.41, 5.74) is 2.22. The van der Waals surface area contributed by atoms with Crippen LogP contribution in [0.2, 0.25) is 10.2 Å². The van der Waals surface area contributed by atoms with E-state index in [1.807, 2.05) is 0 Å². The molecule has 0 fully saturated rings. The molecule has 0 N–H and O–H groups in total. The van der Waals surface area contributed by atoms with Crippen LogP contribution in [0, 0.1) is 5.82 Å². The van der Waals surface area contributed by atoms with Crippen LogP contribution in [0.5, 0.6) is 0 Å². The van der Waals surface area contributed by atoms with Gasteiger partial charge >= 0.3 is 0 Å². The number of benzene rings is 1. The minimum atomic E-state index is -0.504. The Labute approximate surface area is 120 Å². The quantitative estimate of drug-likeness (QED) is 0.726. The molecule has 0 spiro atoms. The highest BCUT2D eigenvalue weighted by molar-refractivity contribution is 6.31. The highest BCUT2D eigenvalue weighted by Crippen LogP contribution is 2.30. The molecule has 98 valence electrons. The highest BCUT2D eigenvalue weighted by Gasteiger charge is 2.19. The number of rotatable bonds is 1. The Bertz CT molecular complexity index is 644. The van der Waals surface area contributed by atoms with Crippen molar-refractivity contribution in [2.45, 2.75) is 25.7 Å². The molecule has 1 heterocycles. The average molecular weight is 297 g/mol. The Morgan fingerprint density at radius 3 is 2.68 bits per heavy atom. The van der Waals surface area contributed by atoms with E-state index >= 15 is 0 Å². The van der Waals surface area contributed by atoms with Crippen LogP contribution in [0.25, 0.3) is 11.4 Å². The number of halogens is 3. The first kappa shape index (κ1) is 12.8. The normalized spacial score (nSPS) is 14.3. The lowest BCUT2D eigenvalue weighted by Crippen LogP contribution is -2.09. The van der Waals surface area contributed by atoms with Crippen LogP contribution in [0.4, 0.5) is 4.39 Å². The molecule has 0 unspecified atom stereocenters. The van der Waals surface area contributed by atoms with Gasteiger partial charge in [0.05, 0.1) is 10.6 Å². The summed E-state index contributed by atoms with van der Waals surface area (Å²) in [6.45, 7) is 0. The van der Waals surface area contributed by atoms with Crippen molar-refractivity contribution >= 4 is 23.2 Å². The molecular weight excluding hydrogens is 286 g/mol. The molecule has 0 amide bonds. The van der Waals surface area contributed by atoms with E-state index in [1.165, 1.54) is 6.07 Å². The number of hydrogen-bond donors (Lipinski definition) is 0. The summed E-state index contributed by atoms with van der Waals surface area (Å²) in [6, 6.07) is 4.79. The number of aryl methyl sites for hydroxylation is 1. The summed E-state index contributed by atoms with van der Waals surface area (Å²) in [5, 5.41) is 0.494. The average Bonchev–Trinajstić information content (AvgIpc) is 2.42. The van der Waals surface area contributed by atoms with Gasteiger partial charge in [-0.2, -0.15) is 0 Å². The molecule has 1 aliphatic rings. The van der Waals surface area contributed by atoms with Crippen LogP contribution in [-0.4, -0.2) is 9.97 Å². The van der Waals surface area contributed by atoms with E-state index in [9.17, 15) is 4.39 Å². The number of hydrogen-bond acceptors (Lipinski definition) is 2. The molecule has 1 aromatic carbocycles. The van der Waals surface area contributed by atoms with Gasteiger partial charge in [-0.3, -0.25) is 0 Å². The van der Waals surface area contributed by atoms with Gasteiger partial charge in [0, 0.05) is 11.3 Å². The van der Waals surface area contributed by atoms with E-state index in [0.717, 1.165) is 36.9 Å². The minimum Gasteiger partial charge on any atom is -0.233 e. The zero-order chi connectivity index (χ0) is 13.4. The van der Waals surface area contributed by atoms with Gasteiger partial charge in [-0.05, 0) is 37.8 Å². The van der Waals surface area contributed by atoms with Gasteiger partial charge in [-0.25, -0.2) is 14.4 Å². The predicted octanol–water partition coefficient (Wildman–Crippen LogP) is 4.47. The molecule has 0 saturated carbocycles. The van der Waals surface area contributed by atoms with Gasteiger partial charge in [0.2, 0.25) is 0 Å². The van der Waals surface area contributed by atoms with Crippen LogP contribution >= 0.6 is 23.2 Å². The third-order valence-corrected chi connectivity index (χ3v) is 3.93. The summed E-state index contributed by atoms with van der Waals surface area (Å²) in [6.07, 6.45) is 3.94. The molecule has 0 aliphatic heterocycles. The molecule has 2 aromatic rings. The molecule has 0 atom stereocenters. The minimum absolute atomic E-state index is 0.0648. The molecule has 0 bridgehead atoms. The second-order valence-electron chi connectivity index (χ2n) is 4.57. The summed E-state index contributed by atoms with van der Waals surface area (Å²) >= 11 is 12.0. The third kappa shape index (κ3) is 2.33. The Kier molecular flexibility index (Phi) is 3.42. The standard InChI is InChI=1S/C14H11Cl2FN2/c15-10-6-3-5-9(12(10)17)14-18-11-7-2-1-4-8(11)13(16)19-14/h3,5-6H,1-2,4,7H2. The summed E-state index contributed by atoms with van der Waals surface area (Å²) in [4.78, 5) is 8.67. The predicted molar refractivity (Wildman–Crippen MR) is 74.1 cm³/mol. The molecular formula is C14H11Cl2FN2. The van der Waals surface area contributed by atoms with Crippen molar-refractivity contribution in [1.82, 2.24) is 9.97 Å². The molecule has 1 aromatic heterocycles. The van der Waals surface area contributed by atoms with E-state index in [1.54, 1.807) is 12.1 Å². The summed E-state index contributed by atoms with van der Waals surface area (Å²) in [5.74, 6) is -0.193. The van der Waals surface area contributed by atoms with Crippen LogP contribution in [-0.2, 0) is 12.8 Å². The van der Waals surface area contributed by atoms with E-state index < -0.39 is 5.82 Å². The van der Waals surface area contributed by atoms with Crippen molar-refractivity contribution in [3.8, 4) is 11.4 Å². The summed E-state index contributed by atoms with van der Waals surface area (Å²) in [7, 11) is 0. The Morgan fingerprint density at radius 1 is 1.05 bits per heavy atom. The fourth-order valence-corrected chi connectivity index (χ4v) is 2.80. The Hall–Kier alpha value is -1.19. The zero-order valence-corrected chi connectivity index (χ0v) is 11.6. The fourth-order valence-electron chi connectivity index (χ4n) is 2.35. The van der Waals surface area contributed by atoms with E-state index in [2.05, 4.69) is 9.97 Å². The van der Waals surface area contributed by atoms with Crippen molar-refractivity contribution in [3.63, 3.8) is 0 Å². The molecule has 5 heteroatoms. The topological polar surface area (TPSA) is 25.8 Å². The van der Waals surface area contributed by atoms with Gasteiger partial charge in [-0.1, -0.05) is 29.3 Å².